The standard InChI is InChI=1S/C18H22FN3O2/c1-12-10-15(20)8-9-22(12)18(23)7-6-17-21-11-16(24-17)13-2-4-14(19)5-3-13/h2-5,11-12,15H,6-10,20H2,1H3/t12-,15-/m0/s1. The molecule has 0 unspecified atom stereocenters. The van der Waals surface area contributed by atoms with Crippen molar-refractivity contribution in [3.05, 3.63) is 42.2 Å². The number of nitrogens with two attached hydrogens (primary N) is 1. The molecule has 0 spiro atoms. The van der Waals surface area contributed by atoms with Crippen LogP contribution in [0.2, 0.25) is 0 Å². The Kier molecular flexibility index (Phi) is 4.94. The van der Waals surface area contributed by atoms with Crippen LogP contribution in [0.1, 0.15) is 32.1 Å². The summed E-state index contributed by atoms with van der Waals surface area (Å²) >= 11 is 0. The molecule has 0 aliphatic carbocycles. The second-order valence-electron chi connectivity index (χ2n) is 6.35. The average molecular weight is 331 g/mol. The Labute approximate surface area is 140 Å². The van der Waals surface area contributed by atoms with Crippen LogP contribution >= 0.6 is 0 Å². The number of carbonyl (C=O) groups excluding carboxylic acids is 1. The maximum atomic E-state index is 13.0. The summed E-state index contributed by atoms with van der Waals surface area (Å²) in [6.07, 6.45) is 4.12. The zero-order valence-electron chi connectivity index (χ0n) is 13.7. The summed E-state index contributed by atoms with van der Waals surface area (Å²) in [7, 11) is 0. The predicted molar refractivity (Wildman–Crippen MR) is 88.6 cm³/mol. The summed E-state index contributed by atoms with van der Waals surface area (Å²) in [5, 5.41) is 0. The van der Waals surface area contributed by atoms with E-state index in [1.54, 1.807) is 18.3 Å². The van der Waals surface area contributed by atoms with Crippen LogP contribution in [0.5, 0.6) is 0 Å². The molecule has 0 bridgehead atoms. The number of benzene rings is 1. The van der Waals surface area contributed by atoms with Crippen LogP contribution in [0.3, 0.4) is 0 Å². The van der Waals surface area contributed by atoms with Gasteiger partial charge in [-0.3, -0.25) is 4.79 Å². The van der Waals surface area contributed by atoms with Gasteiger partial charge in [0.1, 0.15) is 5.82 Å². The lowest BCUT2D eigenvalue weighted by Crippen LogP contribution is -2.48. The van der Waals surface area contributed by atoms with Crippen LogP contribution in [0.4, 0.5) is 4.39 Å². The molecular formula is C18H22FN3O2. The van der Waals surface area contributed by atoms with E-state index < -0.39 is 0 Å². The first-order valence-electron chi connectivity index (χ1n) is 8.28. The molecule has 2 N–H and O–H groups in total. The minimum atomic E-state index is -0.292. The molecule has 0 radical (unpaired) electrons. The van der Waals surface area contributed by atoms with Crippen molar-refractivity contribution in [3.8, 4) is 11.3 Å². The number of nitrogens with zero attached hydrogens (tertiary/aromatic N) is 2. The lowest BCUT2D eigenvalue weighted by molar-refractivity contribution is -0.134. The van der Waals surface area contributed by atoms with Crippen molar-refractivity contribution < 1.29 is 13.6 Å². The second kappa shape index (κ2) is 7.13. The van der Waals surface area contributed by atoms with Gasteiger partial charge in [0.05, 0.1) is 6.20 Å². The first-order valence-corrected chi connectivity index (χ1v) is 8.28. The molecule has 2 aromatic rings. The monoisotopic (exact) mass is 331 g/mol. The molecule has 2 heterocycles. The van der Waals surface area contributed by atoms with Crippen LogP contribution in [0, 0.1) is 5.82 Å². The fourth-order valence-corrected chi connectivity index (χ4v) is 3.11. The van der Waals surface area contributed by atoms with Crippen molar-refractivity contribution in [1.82, 2.24) is 9.88 Å². The minimum Gasteiger partial charge on any atom is -0.441 e. The fraction of sp³-hybridized carbons (Fsp3) is 0.444. The van der Waals surface area contributed by atoms with Crippen molar-refractivity contribution in [1.29, 1.82) is 0 Å². The van der Waals surface area contributed by atoms with Gasteiger partial charge in [-0.2, -0.15) is 0 Å². The normalized spacial score (nSPS) is 21.0. The minimum absolute atomic E-state index is 0.107. The first kappa shape index (κ1) is 16.6. The highest BCUT2D eigenvalue weighted by Crippen LogP contribution is 2.22. The molecule has 5 nitrogen and oxygen atoms in total. The molecule has 2 atom stereocenters. The molecule has 1 aromatic carbocycles. The molecule has 3 rings (SSSR count). The van der Waals surface area contributed by atoms with Crippen molar-refractivity contribution >= 4 is 5.91 Å². The number of rotatable bonds is 4. The predicted octanol–water partition coefficient (Wildman–Crippen LogP) is 2.75. The van der Waals surface area contributed by atoms with E-state index in [2.05, 4.69) is 4.98 Å². The Hall–Kier alpha value is -2.21. The zero-order chi connectivity index (χ0) is 17.1. The van der Waals surface area contributed by atoms with Crippen LogP contribution in [0.15, 0.2) is 34.9 Å². The maximum Gasteiger partial charge on any atom is 0.223 e. The number of piperidine rings is 1. The SMILES string of the molecule is C[C@H]1C[C@@H](N)CCN1C(=O)CCc1ncc(-c2ccc(F)cc2)o1. The third kappa shape index (κ3) is 3.82. The highest BCUT2D eigenvalue weighted by atomic mass is 19.1. The van der Waals surface area contributed by atoms with Crippen LogP contribution in [-0.2, 0) is 11.2 Å². The Morgan fingerprint density at radius 2 is 2.17 bits per heavy atom. The van der Waals surface area contributed by atoms with Crippen LogP contribution in [-0.4, -0.2) is 34.4 Å². The Balaban J connectivity index is 1.57. The molecule has 1 aromatic heterocycles. The highest BCUT2D eigenvalue weighted by molar-refractivity contribution is 5.76. The third-order valence-electron chi connectivity index (χ3n) is 4.47. The lowest BCUT2D eigenvalue weighted by Gasteiger charge is -2.36. The molecule has 24 heavy (non-hydrogen) atoms. The van der Waals surface area contributed by atoms with Crippen molar-refractivity contribution in [2.75, 3.05) is 6.54 Å². The number of carbonyl (C=O) groups is 1. The van der Waals surface area contributed by atoms with E-state index in [1.807, 2.05) is 11.8 Å². The van der Waals surface area contributed by atoms with E-state index in [1.165, 1.54) is 12.1 Å². The Morgan fingerprint density at radius 3 is 2.88 bits per heavy atom. The van der Waals surface area contributed by atoms with Crippen LogP contribution < -0.4 is 5.73 Å². The van der Waals surface area contributed by atoms with E-state index in [0.717, 1.165) is 18.4 Å². The number of hydrogen-bond acceptors (Lipinski definition) is 4. The number of aryl methyl sites for hydroxylation is 1. The molecule has 1 aliphatic rings. The fourth-order valence-electron chi connectivity index (χ4n) is 3.11. The Bertz CT molecular complexity index is 699. The lowest BCUT2D eigenvalue weighted by atomic mass is 9.98. The molecule has 128 valence electrons. The maximum absolute atomic E-state index is 13.0. The van der Waals surface area contributed by atoms with Gasteiger partial charge in [-0.15, -0.1) is 0 Å². The third-order valence-corrected chi connectivity index (χ3v) is 4.47. The van der Waals surface area contributed by atoms with Gasteiger partial charge in [0.2, 0.25) is 5.91 Å². The van der Waals surface area contributed by atoms with Gasteiger partial charge < -0.3 is 15.1 Å². The number of likely N-dealkylation sites (tertiary alicyclic amines) is 1. The Morgan fingerprint density at radius 1 is 1.42 bits per heavy atom. The van der Waals surface area contributed by atoms with Gasteiger partial charge in [-0.05, 0) is 44.0 Å². The van der Waals surface area contributed by atoms with Gasteiger partial charge in [-0.1, -0.05) is 0 Å². The van der Waals surface area contributed by atoms with Crippen LogP contribution in [0.25, 0.3) is 11.3 Å². The number of aromatic nitrogens is 1. The molecular weight excluding hydrogens is 309 g/mol. The molecule has 1 saturated heterocycles. The summed E-state index contributed by atoms with van der Waals surface area (Å²) in [6.45, 7) is 2.75. The summed E-state index contributed by atoms with van der Waals surface area (Å²) < 4.78 is 18.6. The average Bonchev–Trinajstić information content (AvgIpc) is 3.02. The van der Waals surface area contributed by atoms with E-state index in [0.29, 0.717) is 31.0 Å². The summed E-state index contributed by atoms with van der Waals surface area (Å²) in [5.41, 5.74) is 6.70. The van der Waals surface area contributed by atoms with Gasteiger partial charge >= 0.3 is 0 Å². The van der Waals surface area contributed by atoms with Gasteiger partial charge in [-0.25, -0.2) is 9.37 Å². The first-order chi connectivity index (χ1) is 11.5. The van der Waals surface area contributed by atoms with E-state index in [9.17, 15) is 9.18 Å². The number of amides is 1. The smallest absolute Gasteiger partial charge is 0.223 e. The number of halogens is 1. The highest BCUT2D eigenvalue weighted by Gasteiger charge is 2.26. The van der Waals surface area contributed by atoms with E-state index in [4.69, 9.17) is 10.2 Å². The molecule has 1 fully saturated rings. The van der Waals surface area contributed by atoms with Crippen molar-refractivity contribution in [2.45, 2.75) is 44.7 Å². The molecule has 0 saturated carbocycles. The molecule has 1 aliphatic heterocycles. The number of oxazole rings is 1. The second-order valence-corrected chi connectivity index (χ2v) is 6.35. The molecule has 6 heteroatoms. The summed E-state index contributed by atoms with van der Waals surface area (Å²) in [4.78, 5) is 18.5. The molecule has 1 amide bonds. The largest absolute Gasteiger partial charge is 0.441 e. The van der Waals surface area contributed by atoms with Gasteiger partial charge in [0, 0.05) is 37.0 Å². The van der Waals surface area contributed by atoms with Gasteiger partial charge in [0.15, 0.2) is 11.7 Å². The van der Waals surface area contributed by atoms with Crippen molar-refractivity contribution in [3.63, 3.8) is 0 Å². The summed E-state index contributed by atoms with van der Waals surface area (Å²) in [6, 6.07) is 6.41. The van der Waals surface area contributed by atoms with E-state index in [-0.39, 0.29) is 23.8 Å². The number of hydrogen-bond donors (Lipinski definition) is 1. The van der Waals surface area contributed by atoms with E-state index >= 15 is 0 Å². The van der Waals surface area contributed by atoms with Crippen molar-refractivity contribution in [2.24, 2.45) is 5.73 Å². The summed E-state index contributed by atoms with van der Waals surface area (Å²) in [5.74, 6) is 0.911. The topological polar surface area (TPSA) is 72.4 Å². The quantitative estimate of drug-likeness (QED) is 0.935. The van der Waals surface area contributed by atoms with Gasteiger partial charge in [0.25, 0.3) is 0 Å². The zero-order valence-corrected chi connectivity index (χ0v) is 13.7.